The molecule has 0 saturated heterocycles. The fourth-order valence-electron chi connectivity index (χ4n) is 1.11. The maximum Gasteiger partial charge on any atom is 0.0506 e. The molecule has 1 rings (SSSR count). The number of nitrogens with two attached hydrogens (primary N) is 2. The average molecular weight is 191 g/mol. The molecule has 3 heteroatoms. The van der Waals surface area contributed by atoms with Crippen LogP contribution in [0, 0.1) is 0 Å². The van der Waals surface area contributed by atoms with Crippen LogP contribution in [0.5, 0.6) is 0 Å². The van der Waals surface area contributed by atoms with Crippen LogP contribution in [0.2, 0.25) is 0 Å². The average Bonchev–Trinajstić information content (AvgIpc) is 2.17. The Hall–Kier alpha value is -1.35. The van der Waals surface area contributed by atoms with Gasteiger partial charge in [-0.05, 0) is 24.5 Å². The molecule has 0 fully saturated rings. The molecule has 1 heterocycles. The van der Waals surface area contributed by atoms with Crippen LogP contribution in [0.25, 0.3) is 6.08 Å². The van der Waals surface area contributed by atoms with Crippen molar-refractivity contribution in [2.75, 3.05) is 5.73 Å². The minimum absolute atomic E-state index is 0.250. The molecule has 1 atom stereocenters. The van der Waals surface area contributed by atoms with Crippen molar-refractivity contribution in [3.8, 4) is 0 Å². The second kappa shape index (κ2) is 5.40. The zero-order valence-corrected chi connectivity index (χ0v) is 8.48. The predicted molar refractivity (Wildman–Crippen MR) is 60.6 cm³/mol. The molecule has 76 valence electrons. The van der Waals surface area contributed by atoms with Gasteiger partial charge in [-0.3, -0.25) is 4.98 Å². The summed E-state index contributed by atoms with van der Waals surface area (Å²) in [6.07, 6.45) is 9.37. The number of hydrogen-bond acceptors (Lipinski definition) is 3. The molecular formula is C11H17N3. The summed E-state index contributed by atoms with van der Waals surface area (Å²) in [6, 6.07) is 2.14. The Bertz CT molecular complexity index is 307. The maximum atomic E-state index is 5.78. The molecule has 0 bridgehead atoms. The van der Waals surface area contributed by atoms with Crippen LogP contribution in [-0.2, 0) is 0 Å². The minimum atomic E-state index is 0.250. The summed E-state index contributed by atoms with van der Waals surface area (Å²) in [4.78, 5) is 3.99. The lowest BCUT2D eigenvalue weighted by Gasteiger charge is -2.02. The first-order valence-corrected chi connectivity index (χ1v) is 4.85. The number of nitrogen functional groups attached to an aromatic ring is 1. The van der Waals surface area contributed by atoms with Crippen molar-refractivity contribution < 1.29 is 0 Å². The zero-order chi connectivity index (χ0) is 10.4. The topological polar surface area (TPSA) is 64.9 Å². The van der Waals surface area contributed by atoms with Crippen LogP contribution in [0.15, 0.2) is 24.5 Å². The lowest BCUT2D eigenvalue weighted by Crippen LogP contribution is -2.16. The molecule has 1 aromatic heterocycles. The van der Waals surface area contributed by atoms with Crippen LogP contribution < -0.4 is 11.5 Å². The summed E-state index contributed by atoms with van der Waals surface area (Å²) < 4.78 is 0. The molecular weight excluding hydrogens is 174 g/mol. The van der Waals surface area contributed by atoms with Crippen LogP contribution in [0.1, 0.15) is 25.3 Å². The van der Waals surface area contributed by atoms with Crippen LogP contribution in [-0.4, -0.2) is 11.0 Å². The van der Waals surface area contributed by atoms with Gasteiger partial charge in [-0.25, -0.2) is 0 Å². The van der Waals surface area contributed by atoms with Gasteiger partial charge < -0.3 is 11.5 Å². The highest BCUT2D eigenvalue weighted by Gasteiger charge is 1.94. The van der Waals surface area contributed by atoms with Crippen LogP contribution in [0.4, 0.5) is 5.69 Å². The van der Waals surface area contributed by atoms with E-state index >= 15 is 0 Å². The monoisotopic (exact) mass is 191 g/mol. The molecule has 4 N–H and O–H groups in total. The molecule has 0 radical (unpaired) electrons. The summed E-state index contributed by atoms with van der Waals surface area (Å²) in [5.41, 5.74) is 13.1. The van der Waals surface area contributed by atoms with Crippen molar-refractivity contribution in [3.05, 3.63) is 30.1 Å². The lowest BCUT2D eigenvalue weighted by atomic mass is 10.1. The van der Waals surface area contributed by atoms with Gasteiger partial charge >= 0.3 is 0 Å². The van der Waals surface area contributed by atoms with Gasteiger partial charge in [-0.2, -0.15) is 0 Å². The van der Waals surface area contributed by atoms with E-state index < -0.39 is 0 Å². The van der Waals surface area contributed by atoms with Crippen molar-refractivity contribution in [3.63, 3.8) is 0 Å². The van der Waals surface area contributed by atoms with E-state index in [4.69, 9.17) is 11.5 Å². The predicted octanol–water partition coefficient (Wildman–Crippen LogP) is 1.80. The van der Waals surface area contributed by atoms with Crippen LogP contribution in [0.3, 0.4) is 0 Å². The molecule has 3 nitrogen and oxygen atoms in total. The first-order chi connectivity index (χ1) is 6.72. The number of nitrogens with zero attached hydrogens (tertiary/aromatic N) is 1. The second-order valence-corrected chi connectivity index (χ2v) is 3.36. The van der Waals surface area contributed by atoms with Crippen molar-refractivity contribution in [1.82, 2.24) is 4.98 Å². The highest BCUT2D eigenvalue weighted by atomic mass is 14.7. The van der Waals surface area contributed by atoms with Gasteiger partial charge in [0.25, 0.3) is 0 Å². The molecule has 1 unspecified atom stereocenters. The fraction of sp³-hybridized carbons (Fsp3) is 0.364. The van der Waals surface area contributed by atoms with Gasteiger partial charge in [-0.1, -0.05) is 19.1 Å². The molecule has 0 aliphatic heterocycles. The van der Waals surface area contributed by atoms with E-state index in [9.17, 15) is 0 Å². The van der Waals surface area contributed by atoms with E-state index in [1.807, 2.05) is 12.1 Å². The number of pyridine rings is 1. The van der Waals surface area contributed by atoms with E-state index in [-0.39, 0.29) is 6.04 Å². The Labute approximate surface area is 84.8 Å². The molecule has 0 spiro atoms. The molecule has 0 amide bonds. The fourth-order valence-corrected chi connectivity index (χ4v) is 1.11. The van der Waals surface area contributed by atoms with Gasteiger partial charge in [0.05, 0.1) is 5.69 Å². The van der Waals surface area contributed by atoms with E-state index in [0.29, 0.717) is 5.69 Å². The van der Waals surface area contributed by atoms with Crippen molar-refractivity contribution in [1.29, 1.82) is 0 Å². The third-order valence-corrected chi connectivity index (χ3v) is 2.05. The third-order valence-electron chi connectivity index (χ3n) is 2.05. The van der Waals surface area contributed by atoms with Crippen molar-refractivity contribution in [2.45, 2.75) is 25.8 Å². The third kappa shape index (κ3) is 3.58. The first kappa shape index (κ1) is 10.7. The molecule has 0 aliphatic rings. The van der Waals surface area contributed by atoms with E-state index in [1.54, 1.807) is 12.4 Å². The van der Waals surface area contributed by atoms with Gasteiger partial charge in [-0.15, -0.1) is 0 Å². The summed E-state index contributed by atoms with van der Waals surface area (Å²) in [6.45, 7) is 2.08. The smallest absolute Gasteiger partial charge is 0.0506 e. The number of hydrogen-bond donors (Lipinski definition) is 2. The maximum absolute atomic E-state index is 5.78. The normalized spacial score (nSPS) is 13.3. The highest BCUT2D eigenvalue weighted by Crippen LogP contribution is 2.06. The molecule has 0 aliphatic carbocycles. The minimum Gasteiger partial charge on any atom is -0.397 e. The van der Waals surface area contributed by atoms with Gasteiger partial charge in [0.1, 0.15) is 0 Å². The summed E-state index contributed by atoms with van der Waals surface area (Å²) in [5.74, 6) is 0. The number of anilines is 1. The number of rotatable bonds is 4. The number of aromatic nitrogens is 1. The second-order valence-electron chi connectivity index (χ2n) is 3.36. The Morgan fingerprint density at radius 3 is 2.93 bits per heavy atom. The summed E-state index contributed by atoms with van der Waals surface area (Å²) >= 11 is 0. The molecule has 1 aromatic rings. The van der Waals surface area contributed by atoms with Crippen molar-refractivity contribution in [2.24, 2.45) is 5.73 Å². The van der Waals surface area contributed by atoms with Gasteiger partial charge in [0.2, 0.25) is 0 Å². The quantitative estimate of drug-likeness (QED) is 0.762. The van der Waals surface area contributed by atoms with E-state index in [1.165, 1.54) is 0 Å². The van der Waals surface area contributed by atoms with Crippen molar-refractivity contribution >= 4 is 11.8 Å². The van der Waals surface area contributed by atoms with Crippen LogP contribution >= 0.6 is 0 Å². The Morgan fingerprint density at radius 1 is 1.50 bits per heavy atom. The SMILES string of the molecule is CCC(N)C/C=C/c1cncc(N)c1. The Morgan fingerprint density at radius 2 is 2.29 bits per heavy atom. The molecule has 0 saturated carbocycles. The standard InChI is InChI=1S/C11H17N3/c1-2-10(12)5-3-4-9-6-11(13)8-14-7-9/h3-4,6-8,10H,2,5,12-13H2,1H3/b4-3+. The van der Waals surface area contributed by atoms with Gasteiger partial charge in [0.15, 0.2) is 0 Å². The highest BCUT2D eigenvalue weighted by molar-refractivity contribution is 5.53. The van der Waals surface area contributed by atoms with E-state index in [2.05, 4.69) is 18.0 Å². The summed E-state index contributed by atoms with van der Waals surface area (Å²) in [7, 11) is 0. The Balaban J connectivity index is 2.51. The van der Waals surface area contributed by atoms with E-state index in [0.717, 1.165) is 18.4 Å². The first-order valence-electron chi connectivity index (χ1n) is 4.85. The molecule has 14 heavy (non-hydrogen) atoms. The summed E-state index contributed by atoms with van der Waals surface area (Å²) in [5, 5.41) is 0. The largest absolute Gasteiger partial charge is 0.397 e. The molecule has 0 aromatic carbocycles. The van der Waals surface area contributed by atoms with Gasteiger partial charge in [0, 0.05) is 18.4 Å². The zero-order valence-electron chi connectivity index (χ0n) is 8.48. The Kier molecular flexibility index (Phi) is 4.13. The lowest BCUT2D eigenvalue weighted by molar-refractivity contribution is 0.660.